The van der Waals surface area contributed by atoms with Crippen LogP contribution in [0.4, 0.5) is 0 Å². The highest BCUT2D eigenvalue weighted by Crippen LogP contribution is 2.08. The predicted molar refractivity (Wildman–Crippen MR) is 133 cm³/mol. The number of para-hydroxylation sites is 1. The van der Waals surface area contributed by atoms with Gasteiger partial charge >= 0.3 is 5.69 Å². The van der Waals surface area contributed by atoms with Gasteiger partial charge in [0, 0.05) is 26.1 Å². The van der Waals surface area contributed by atoms with E-state index in [2.05, 4.69) is 10.6 Å². The zero-order valence-electron chi connectivity index (χ0n) is 19.8. The monoisotopic (exact) mass is 464 g/mol. The van der Waals surface area contributed by atoms with Crippen LogP contribution in [-0.2, 0) is 29.2 Å². The Balaban J connectivity index is 1.74. The van der Waals surface area contributed by atoms with Crippen LogP contribution in [0.5, 0.6) is 0 Å². The molecule has 2 amide bonds. The zero-order valence-corrected chi connectivity index (χ0v) is 19.8. The Kier molecular flexibility index (Phi) is 8.79. The highest BCUT2D eigenvalue weighted by Gasteiger charge is 2.15. The second-order valence-corrected chi connectivity index (χ2v) is 8.41. The lowest BCUT2D eigenvalue weighted by Gasteiger charge is -2.14. The number of hydrogen-bond donors (Lipinski definition) is 2. The minimum Gasteiger partial charge on any atom is -0.356 e. The molecule has 8 heteroatoms. The fraction of sp³-hybridized carbons (Fsp3) is 0.385. The fourth-order valence-corrected chi connectivity index (χ4v) is 3.74. The molecule has 2 aromatic carbocycles. The SMILES string of the molecule is CCCNC(=O)CCCCn1c(=O)c2ccccc2n(CC(=O)NCc2ccc(C)cc2)c1=O. The number of carbonyl (C=O) groups excluding carboxylic acids is 2. The smallest absolute Gasteiger partial charge is 0.331 e. The number of nitrogens with one attached hydrogen (secondary N) is 2. The Labute approximate surface area is 198 Å². The molecule has 1 heterocycles. The van der Waals surface area contributed by atoms with Crippen LogP contribution in [0, 0.1) is 6.92 Å². The van der Waals surface area contributed by atoms with Gasteiger partial charge in [-0.1, -0.05) is 48.9 Å². The van der Waals surface area contributed by atoms with Gasteiger partial charge < -0.3 is 10.6 Å². The van der Waals surface area contributed by atoms with Crippen molar-refractivity contribution in [2.75, 3.05) is 6.54 Å². The van der Waals surface area contributed by atoms with E-state index in [1.165, 1.54) is 9.13 Å². The first-order chi connectivity index (χ1) is 16.4. The van der Waals surface area contributed by atoms with Gasteiger partial charge in [-0.2, -0.15) is 0 Å². The van der Waals surface area contributed by atoms with Gasteiger partial charge in [0.05, 0.1) is 10.9 Å². The van der Waals surface area contributed by atoms with E-state index in [4.69, 9.17) is 0 Å². The number of carbonyl (C=O) groups is 2. The van der Waals surface area contributed by atoms with Crippen molar-refractivity contribution in [3.8, 4) is 0 Å². The van der Waals surface area contributed by atoms with Gasteiger partial charge in [-0.15, -0.1) is 0 Å². The third-order valence-electron chi connectivity index (χ3n) is 5.65. The molecule has 3 aromatic rings. The number of fused-ring (bicyclic) bond motifs is 1. The van der Waals surface area contributed by atoms with Crippen LogP contribution >= 0.6 is 0 Å². The van der Waals surface area contributed by atoms with Gasteiger partial charge in [0.2, 0.25) is 11.8 Å². The highest BCUT2D eigenvalue weighted by molar-refractivity contribution is 5.81. The minimum atomic E-state index is -0.523. The maximum Gasteiger partial charge on any atom is 0.331 e. The van der Waals surface area contributed by atoms with Crippen molar-refractivity contribution in [2.24, 2.45) is 0 Å². The largest absolute Gasteiger partial charge is 0.356 e. The molecule has 0 saturated carbocycles. The molecule has 0 aliphatic heterocycles. The number of nitrogens with zero attached hydrogens (tertiary/aromatic N) is 2. The van der Waals surface area contributed by atoms with Crippen LogP contribution in [0.1, 0.15) is 43.7 Å². The third-order valence-corrected chi connectivity index (χ3v) is 5.65. The van der Waals surface area contributed by atoms with E-state index >= 15 is 0 Å². The van der Waals surface area contributed by atoms with Crippen LogP contribution in [0.15, 0.2) is 58.1 Å². The molecule has 0 aliphatic carbocycles. The zero-order chi connectivity index (χ0) is 24.5. The molecule has 0 atom stereocenters. The first-order valence-corrected chi connectivity index (χ1v) is 11.7. The van der Waals surface area contributed by atoms with Gasteiger partial charge in [0.25, 0.3) is 5.56 Å². The number of hydrogen-bond acceptors (Lipinski definition) is 4. The highest BCUT2D eigenvalue weighted by atomic mass is 16.2. The van der Waals surface area contributed by atoms with Crippen molar-refractivity contribution in [3.05, 3.63) is 80.5 Å². The standard InChI is InChI=1S/C26H32N4O4/c1-3-15-27-23(31)10-6-7-16-29-25(33)21-8-4-5-9-22(21)30(26(29)34)18-24(32)28-17-20-13-11-19(2)12-14-20/h4-5,8-9,11-14H,3,6-7,10,15-18H2,1-2H3,(H,27,31)(H,28,32). The Hall–Kier alpha value is -3.68. The van der Waals surface area contributed by atoms with Gasteiger partial charge in [0.15, 0.2) is 0 Å². The molecule has 0 fully saturated rings. The molecule has 0 aliphatic rings. The molecule has 8 nitrogen and oxygen atoms in total. The minimum absolute atomic E-state index is 0.0321. The first kappa shape index (κ1) is 25.0. The Morgan fingerprint density at radius 3 is 2.35 bits per heavy atom. The molecular weight excluding hydrogens is 432 g/mol. The van der Waals surface area contributed by atoms with E-state index in [9.17, 15) is 19.2 Å². The molecule has 180 valence electrons. The van der Waals surface area contributed by atoms with E-state index in [0.29, 0.717) is 43.3 Å². The molecule has 0 bridgehead atoms. The summed E-state index contributed by atoms with van der Waals surface area (Å²) in [6.45, 7) is 4.97. The van der Waals surface area contributed by atoms with Gasteiger partial charge in [-0.25, -0.2) is 4.79 Å². The van der Waals surface area contributed by atoms with Crippen molar-refractivity contribution in [1.29, 1.82) is 0 Å². The van der Waals surface area contributed by atoms with Crippen LogP contribution in [0.25, 0.3) is 10.9 Å². The molecule has 0 unspecified atom stereocenters. The summed E-state index contributed by atoms with van der Waals surface area (Å²) in [4.78, 5) is 50.6. The number of aryl methyl sites for hydroxylation is 1. The Morgan fingerprint density at radius 1 is 0.882 bits per heavy atom. The summed E-state index contributed by atoms with van der Waals surface area (Å²) in [5, 5.41) is 6.04. The van der Waals surface area contributed by atoms with Gasteiger partial charge in [0.1, 0.15) is 6.54 Å². The molecule has 1 aromatic heterocycles. The topological polar surface area (TPSA) is 102 Å². The number of unbranched alkanes of at least 4 members (excludes halogenated alkanes) is 1. The van der Waals surface area contributed by atoms with Gasteiger partial charge in [-0.3, -0.25) is 23.5 Å². The van der Waals surface area contributed by atoms with E-state index in [-0.39, 0.29) is 30.5 Å². The number of aromatic nitrogens is 2. The van der Waals surface area contributed by atoms with E-state index < -0.39 is 5.69 Å². The Bertz CT molecular complexity index is 1260. The average Bonchev–Trinajstić information content (AvgIpc) is 2.84. The van der Waals surface area contributed by atoms with Crippen molar-refractivity contribution in [2.45, 2.75) is 59.2 Å². The van der Waals surface area contributed by atoms with Gasteiger partial charge in [-0.05, 0) is 43.9 Å². The van der Waals surface area contributed by atoms with E-state index in [1.807, 2.05) is 38.1 Å². The Morgan fingerprint density at radius 2 is 1.62 bits per heavy atom. The van der Waals surface area contributed by atoms with Crippen LogP contribution in [-0.4, -0.2) is 27.5 Å². The molecule has 3 rings (SSSR count). The van der Waals surface area contributed by atoms with E-state index in [0.717, 1.165) is 17.5 Å². The quantitative estimate of drug-likeness (QED) is 0.426. The lowest BCUT2D eigenvalue weighted by atomic mass is 10.1. The summed E-state index contributed by atoms with van der Waals surface area (Å²) in [5.41, 5.74) is 1.62. The second kappa shape index (κ2) is 12.0. The lowest BCUT2D eigenvalue weighted by Crippen LogP contribution is -2.42. The average molecular weight is 465 g/mol. The van der Waals surface area contributed by atoms with Crippen LogP contribution in [0.3, 0.4) is 0 Å². The maximum atomic E-state index is 13.2. The third kappa shape index (κ3) is 6.43. The lowest BCUT2D eigenvalue weighted by molar-refractivity contribution is -0.122. The van der Waals surface area contributed by atoms with E-state index in [1.54, 1.807) is 24.3 Å². The van der Waals surface area contributed by atoms with Crippen LogP contribution in [0.2, 0.25) is 0 Å². The summed E-state index contributed by atoms with van der Waals surface area (Å²) in [7, 11) is 0. The number of benzene rings is 2. The first-order valence-electron chi connectivity index (χ1n) is 11.7. The molecule has 0 radical (unpaired) electrons. The predicted octanol–water partition coefficient (Wildman–Crippen LogP) is 2.48. The molecular formula is C26H32N4O4. The summed E-state index contributed by atoms with van der Waals surface area (Å²) in [5.74, 6) is -0.346. The molecule has 0 spiro atoms. The summed E-state index contributed by atoms with van der Waals surface area (Å²) in [6.07, 6.45) is 2.28. The van der Waals surface area contributed by atoms with Crippen molar-refractivity contribution < 1.29 is 9.59 Å². The number of amides is 2. The fourth-order valence-electron chi connectivity index (χ4n) is 3.74. The summed E-state index contributed by atoms with van der Waals surface area (Å²) >= 11 is 0. The maximum absolute atomic E-state index is 13.2. The number of rotatable bonds is 11. The van der Waals surface area contributed by atoms with Crippen molar-refractivity contribution in [3.63, 3.8) is 0 Å². The normalized spacial score (nSPS) is 10.9. The molecule has 0 saturated heterocycles. The second-order valence-electron chi connectivity index (χ2n) is 8.41. The van der Waals surface area contributed by atoms with Crippen LogP contribution < -0.4 is 21.9 Å². The molecule has 34 heavy (non-hydrogen) atoms. The van der Waals surface area contributed by atoms with Crippen molar-refractivity contribution in [1.82, 2.24) is 19.8 Å². The summed E-state index contributed by atoms with van der Waals surface area (Å²) in [6, 6.07) is 14.6. The molecule has 2 N–H and O–H groups in total. The van der Waals surface area contributed by atoms with Crippen molar-refractivity contribution >= 4 is 22.7 Å². The summed E-state index contributed by atoms with van der Waals surface area (Å²) < 4.78 is 2.51.